The molecule has 0 saturated carbocycles. The second-order valence-electron chi connectivity index (χ2n) is 8.25. The maximum atomic E-state index is 13.0. The summed E-state index contributed by atoms with van der Waals surface area (Å²) in [5, 5.41) is 2.72. The number of benzene rings is 1. The van der Waals surface area contributed by atoms with Crippen molar-refractivity contribution in [1.82, 2.24) is 14.9 Å². The first kappa shape index (κ1) is 20.0. The van der Waals surface area contributed by atoms with Crippen LogP contribution in [0.5, 0.6) is 0 Å². The Labute approximate surface area is 187 Å². The lowest BCUT2D eigenvalue weighted by Crippen LogP contribution is -2.48. The van der Waals surface area contributed by atoms with Crippen molar-refractivity contribution >= 4 is 28.7 Å². The van der Waals surface area contributed by atoms with E-state index >= 15 is 0 Å². The number of carbonyl (C=O) groups is 1. The lowest BCUT2D eigenvalue weighted by Gasteiger charge is -2.35. The number of thiazole rings is 1. The number of carbonyl (C=O) groups excluding carboxylic acids is 1. The molecule has 2 aliphatic heterocycles. The summed E-state index contributed by atoms with van der Waals surface area (Å²) in [6.45, 7) is 7.37. The topological polar surface area (TPSA) is 52.6 Å². The summed E-state index contributed by atoms with van der Waals surface area (Å²) >= 11 is 1.51. The zero-order valence-electron chi connectivity index (χ0n) is 17.8. The largest absolute Gasteiger partial charge is 0.368 e. The van der Waals surface area contributed by atoms with Gasteiger partial charge in [-0.1, -0.05) is 17.7 Å². The third kappa shape index (κ3) is 4.28. The summed E-state index contributed by atoms with van der Waals surface area (Å²) in [4.78, 5) is 28.8. The standard InChI is InChI=1S/C24H27N5OS/c1-18-4-7-20(8-5-18)27-12-14-29(15-13-27)24(30)21-17-31-23(26-21)19-6-9-22(25-16-19)28-10-2-3-11-28/h4-9,16-17H,2-3,10-15H2,1H3. The molecular formula is C24H27N5OS. The predicted molar refractivity (Wildman–Crippen MR) is 126 cm³/mol. The third-order valence-corrected chi connectivity index (χ3v) is 7.01. The van der Waals surface area contributed by atoms with Gasteiger partial charge in [-0.15, -0.1) is 11.3 Å². The fraction of sp³-hybridized carbons (Fsp3) is 0.375. The Morgan fingerprint density at radius 3 is 2.32 bits per heavy atom. The van der Waals surface area contributed by atoms with Crippen LogP contribution in [0.4, 0.5) is 11.5 Å². The molecule has 2 aromatic heterocycles. The van der Waals surface area contributed by atoms with Crippen molar-refractivity contribution in [3.8, 4) is 10.6 Å². The SMILES string of the molecule is Cc1ccc(N2CCN(C(=O)c3csc(-c4ccc(N5CCCC5)nc4)n3)CC2)cc1. The maximum absolute atomic E-state index is 13.0. The molecule has 0 radical (unpaired) electrons. The minimum absolute atomic E-state index is 0.0210. The van der Waals surface area contributed by atoms with Crippen molar-refractivity contribution in [2.75, 3.05) is 49.1 Å². The second-order valence-corrected chi connectivity index (χ2v) is 9.11. The van der Waals surface area contributed by atoms with Crippen molar-refractivity contribution < 1.29 is 4.79 Å². The third-order valence-electron chi connectivity index (χ3n) is 6.11. The van der Waals surface area contributed by atoms with Crippen LogP contribution in [0.1, 0.15) is 28.9 Å². The fourth-order valence-corrected chi connectivity index (χ4v) is 5.02. The number of amides is 1. The molecule has 2 saturated heterocycles. The smallest absolute Gasteiger partial charge is 0.273 e. The van der Waals surface area contributed by atoms with Gasteiger partial charge >= 0.3 is 0 Å². The van der Waals surface area contributed by atoms with Gasteiger partial charge in [0.05, 0.1) is 0 Å². The van der Waals surface area contributed by atoms with Gasteiger partial charge in [-0.2, -0.15) is 0 Å². The highest BCUT2D eigenvalue weighted by Gasteiger charge is 2.24. The van der Waals surface area contributed by atoms with Crippen LogP contribution < -0.4 is 9.80 Å². The molecule has 2 aliphatic rings. The average molecular weight is 434 g/mol. The van der Waals surface area contributed by atoms with E-state index in [0.717, 1.165) is 42.6 Å². The summed E-state index contributed by atoms with van der Waals surface area (Å²) in [5.74, 6) is 1.05. The number of hydrogen-bond acceptors (Lipinski definition) is 6. The Morgan fingerprint density at radius 1 is 0.903 bits per heavy atom. The van der Waals surface area contributed by atoms with E-state index in [1.54, 1.807) is 0 Å². The zero-order chi connectivity index (χ0) is 21.2. The fourth-order valence-electron chi connectivity index (χ4n) is 4.24. The predicted octanol–water partition coefficient (Wildman–Crippen LogP) is 4.08. The molecule has 6 nitrogen and oxygen atoms in total. The van der Waals surface area contributed by atoms with Gasteiger partial charge in [0.15, 0.2) is 0 Å². The number of nitrogens with zero attached hydrogens (tertiary/aromatic N) is 5. The molecular weight excluding hydrogens is 406 g/mol. The molecule has 160 valence electrons. The molecule has 2 fully saturated rings. The van der Waals surface area contributed by atoms with Gasteiger partial charge in [0.25, 0.3) is 5.91 Å². The number of aromatic nitrogens is 2. The van der Waals surface area contributed by atoms with Crippen molar-refractivity contribution in [3.05, 3.63) is 59.2 Å². The van der Waals surface area contributed by atoms with E-state index in [4.69, 9.17) is 0 Å². The number of piperazine rings is 1. The monoisotopic (exact) mass is 433 g/mol. The van der Waals surface area contributed by atoms with Crippen LogP contribution in [0.25, 0.3) is 10.6 Å². The van der Waals surface area contributed by atoms with Crippen LogP contribution in [0, 0.1) is 6.92 Å². The summed E-state index contributed by atoms with van der Waals surface area (Å²) in [6.07, 6.45) is 4.35. The van der Waals surface area contributed by atoms with Gasteiger partial charge in [0, 0.05) is 62.1 Å². The molecule has 0 bridgehead atoms. The molecule has 1 amide bonds. The van der Waals surface area contributed by atoms with E-state index in [9.17, 15) is 4.79 Å². The van der Waals surface area contributed by atoms with E-state index in [0.29, 0.717) is 18.8 Å². The van der Waals surface area contributed by atoms with Crippen LogP contribution in [0.2, 0.25) is 0 Å². The summed E-state index contributed by atoms with van der Waals surface area (Å²) < 4.78 is 0. The van der Waals surface area contributed by atoms with E-state index in [1.165, 1.54) is 35.4 Å². The Kier molecular flexibility index (Phi) is 5.59. The Bertz CT molecular complexity index is 1030. The van der Waals surface area contributed by atoms with Gasteiger partial charge in [-0.05, 0) is 44.0 Å². The van der Waals surface area contributed by atoms with Crippen LogP contribution >= 0.6 is 11.3 Å². The number of pyridine rings is 1. The second kappa shape index (κ2) is 8.67. The lowest BCUT2D eigenvalue weighted by atomic mass is 10.2. The van der Waals surface area contributed by atoms with E-state index in [-0.39, 0.29) is 5.91 Å². The summed E-state index contributed by atoms with van der Waals surface area (Å²) in [6, 6.07) is 12.7. The highest BCUT2D eigenvalue weighted by molar-refractivity contribution is 7.13. The van der Waals surface area contributed by atoms with Crippen molar-refractivity contribution in [1.29, 1.82) is 0 Å². The zero-order valence-corrected chi connectivity index (χ0v) is 18.6. The Morgan fingerprint density at radius 2 is 1.65 bits per heavy atom. The molecule has 0 unspecified atom stereocenters. The van der Waals surface area contributed by atoms with Gasteiger partial charge in [0.2, 0.25) is 0 Å². The average Bonchev–Trinajstić information content (AvgIpc) is 3.52. The van der Waals surface area contributed by atoms with Crippen LogP contribution in [-0.2, 0) is 0 Å². The van der Waals surface area contributed by atoms with Crippen LogP contribution in [0.15, 0.2) is 48.0 Å². The highest BCUT2D eigenvalue weighted by Crippen LogP contribution is 2.26. The number of rotatable bonds is 4. The van der Waals surface area contributed by atoms with Crippen LogP contribution in [-0.4, -0.2) is 60.0 Å². The van der Waals surface area contributed by atoms with Gasteiger partial charge < -0.3 is 14.7 Å². The molecule has 0 atom stereocenters. The Balaban J connectivity index is 1.21. The molecule has 0 spiro atoms. The molecule has 4 heterocycles. The molecule has 0 N–H and O–H groups in total. The van der Waals surface area contributed by atoms with Crippen molar-refractivity contribution in [3.63, 3.8) is 0 Å². The minimum atomic E-state index is 0.0210. The van der Waals surface area contributed by atoms with E-state index < -0.39 is 0 Å². The van der Waals surface area contributed by atoms with Crippen molar-refractivity contribution in [2.24, 2.45) is 0 Å². The van der Waals surface area contributed by atoms with E-state index in [1.807, 2.05) is 16.5 Å². The van der Waals surface area contributed by atoms with E-state index in [2.05, 4.69) is 63.1 Å². The minimum Gasteiger partial charge on any atom is -0.368 e. The molecule has 5 rings (SSSR count). The quantitative estimate of drug-likeness (QED) is 0.621. The van der Waals surface area contributed by atoms with Gasteiger partial charge in [-0.25, -0.2) is 9.97 Å². The van der Waals surface area contributed by atoms with Gasteiger partial charge in [-0.3, -0.25) is 4.79 Å². The van der Waals surface area contributed by atoms with Crippen LogP contribution in [0.3, 0.4) is 0 Å². The summed E-state index contributed by atoms with van der Waals surface area (Å²) in [7, 11) is 0. The number of hydrogen-bond donors (Lipinski definition) is 0. The highest BCUT2D eigenvalue weighted by atomic mass is 32.1. The summed E-state index contributed by atoms with van der Waals surface area (Å²) in [5.41, 5.74) is 3.99. The number of aryl methyl sites for hydroxylation is 1. The number of anilines is 2. The normalized spacial score (nSPS) is 16.7. The maximum Gasteiger partial charge on any atom is 0.273 e. The first-order valence-corrected chi connectivity index (χ1v) is 11.8. The van der Waals surface area contributed by atoms with Gasteiger partial charge in [0.1, 0.15) is 16.5 Å². The first-order chi connectivity index (χ1) is 15.2. The molecule has 31 heavy (non-hydrogen) atoms. The molecule has 1 aromatic carbocycles. The molecule has 7 heteroatoms. The lowest BCUT2D eigenvalue weighted by molar-refractivity contribution is 0.0742. The first-order valence-electron chi connectivity index (χ1n) is 11.0. The molecule has 3 aromatic rings. The van der Waals surface area contributed by atoms with Crippen molar-refractivity contribution in [2.45, 2.75) is 19.8 Å². The Hall–Kier alpha value is -2.93. The molecule has 0 aliphatic carbocycles.